The summed E-state index contributed by atoms with van der Waals surface area (Å²) in [4.78, 5) is 16.0. The standard InChI is InChI=1S/C14H24N4O5S/c1-22-10-4-8-15-12(19)6-7-13-16-14(17-23-13)11-5-3-9-18(11)24(2,20)21/h11H,3-10H2,1-2H3,(H,15,19). The summed E-state index contributed by atoms with van der Waals surface area (Å²) in [7, 11) is -1.68. The number of carbonyl (C=O) groups is 1. The van der Waals surface area contributed by atoms with Gasteiger partial charge in [0.25, 0.3) is 0 Å². The number of amides is 1. The van der Waals surface area contributed by atoms with Crippen LogP contribution in [0, 0.1) is 0 Å². The van der Waals surface area contributed by atoms with Crippen molar-refractivity contribution in [1.82, 2.24) is 19.8 Å². The maximum absolute atomic E-state index is 11.8. The lowest BCUT2D eigenvalue weighted by Gasteiger charge is -2.18. The Kier molecular flexibility index (Phi) is 6.69. The van der Waals surface area contributed by atoms with Crippen molar-refractivity contribution in [1.29, 1.82) is 0 Å². The average Bonchev–Trinajstić information content (AvgIpc) is 3.17. The van der Waals surface area contributed by atoms with E-state index in [4.69, 9.17) is 9.26 Å². The van der Waals surface area contributed by atoms with Gasteiger partial charge >= 0.3 is 0 Å². The van der Waals surface area contributed by atoms with Gasteiger partial charge in [-0.1, -0.05) is 5.16 Å². The van der Waals surface area contributed by atoms with Crippen LogP contribution in [0.25, 0.3) is 0 Å². The van der Waals surface area contributed by atoms with E-state index < -0.39 is 10.0 Å². The highest BCUT2D eigenvalue weighted by Gasteiger charge is 2.35. The maximum atomic E-state index is 11.8. The van der Waals surface area contributed by atoms with Crippen LogP contribution in [0.15, 0.2) is 4.52 Å². The first-order valence-electron chi connectivity index (χ1n) is 7.96. The molecule has 0 radical (unpaired) electrons. The third-order valence-electron chi connectivity index (χ3n) is 3.82. The van der Waals surface area contributed by atoms with Crippen molar-refractivity contribution in [2.24, 2.45) is 0 Å². The van der Waals surface area contributed by atoms with Crippen molar-refractivity contribution in [2.45, 2.75) is 38.1 Å². The second kappa shape index (κ2) is 8.54. The van der Waals surface area contributed by atoms with E-state index in [-0.39, 0.29) is 18.4 Å². The van der Waals surface area contributed by atoms with Gasteiger partial charge in [-0.15, -0.1) is 0 Å². The zero-order valence-corrected chi connectivity index (χ0v) is 14.8. The number of hydrogen-bond donors (Lipinski definition) is 1. The van der Waals surface area contributed by atoms with Crippen molar-refractivity contribution in [3.63, 3.8) is 0 Å². The van der Waals surface area contributed by atoms with E-state index >= 15 is 0 Å². The number of hydrogen-bond acceptors (Lipinski definition) is 7. The minimum absolute atomic E-state index is 0.0931. The van der Waals surface area contributed by atoms with E-state index in [0.717, 1.165) is 12.8 Å². The topological polar surface area (TPSA) is 115 Å². The number of aromatic nitrogens is 2. The number of sulfonamides is 1. The molecule has 0 spiro atoms. The minimum atomic E-state index is -3.29. The summed E-state index contributed by atoms with van der Waals surface area (Å²) in [6.45, 7) is 1.63. The summed E-state index contributed by atoms with van der Waals surface area (Å²) in [6.07, 6.45) is 3.96. The lowest BCUT2D eigenvalue weighted by atomic mass is 10.2. The van der Waals surface area contributed by atoms with Crippen LogP contribution in [0.3, 0.4) is 0 Å². The molecule has 1 unspecified atom stereocenters. The quantitative estimate of drug-likeness (QED) is 0.628. The Morgan fingerprint density at radius 2 is 2.29 bits per heavy atom. The molecule has 0 aromatic carbocycles. The first kappa shape index (κ1) is 18.8. The molecular formula is C14H24N4O5S. The highest BCUT2D eigenvalue weighted by molar-refractivity contribution is 7.88. The third kappa shape index (κ3) is 5.25. The molecule has 1 amide bonds. The minimum Gasteiger partial charge on any atom is -0.385 e. The summed E-state index contributed by atoms with van der Waals surface area (Å²) >= 11 is 0. The predicted molar refractivity (Wildman–Crippen MR) is 85.6 cm³/mol. The summed E-state index contributed by atoms with van der Waals surface area (Å²) in [5.74, 6) is 0.621. The van der Waals surface area contributed by atoms with Crippen LogP contribution in [0.1, 0.15) is 43.4 Å². The molecule has 9 nitrogen and oxygen atoms in total. The fourth-order valence-electron chi connectivity index (χ4n) is 2.65. The second-order valence-electron chi connectivity index (χ2n) is 5.77. The van der Waals surface area contributed by atoms with E-state index in [2.05, 4.69) is 15.5 Å². The fraction of sp³-hybridized carbons (Fsp3) is 0.786. The molecule has 136 valence electrons. The molecule has 1 aromatic heterocycles. The van der Waals surface area contributed by atoms with E-state index in [1.165, 1.54) is 10.6 Å². The lowest BCUT2D eigenvalue weighted by Crippen LogP contribution is -2.30. The van der Waals surface area contributed by atoms with Crippen LogP contribution in [0.5, 0.6) is 0 Å². The summed E-state index contributed by atoms with van der Waals surface area (Å²) in [6, 6.07) is -0.375. The Bertz CT molecular complexity index is 645. The first-order chi connectivity index (χ1) is 11.4. The van der Waals surface area contributed by atoms with Crippen LogP contribution < -0.4 is 5.32 Å². The molecule has 0 saturated carbocycles. The van der Waals surface area contributed by atoms with E-state index in [1.54, 1.807) is 7.11 Å². The van der Waals surface area contributed by atoms with Gasteiger partial charge in [0.1, 0.15) is 0 Å². The van der Waals surface area contributed by atoms with Crippen LogP contribution in [0.2, 0.25) is 0 Å². The SMILES string of the molecule is COCCCNC(=O)CCc1nc(C2CCCN2S(C)(=O)=O)no1. The Labute approximate surface area is 141 Å². The zero-order valence-electron chi connectivity index (χ0n) is 14.0. The monoisotopic (exact) mass is 360 g/mol. The van der Waals surface area contributed by atoms with Gasteiger partial charge in [0.15, 0.2) is 5.82 Å². The van der Waals surface area contributed by atoms with Gasteiger partial charge in [-0.25, -0.2) is 8.42 Å². The maximum Gasteiger partial charge on any atom is 0.227 e. The van der Waals surface area contributed by atoms with Gasteiger partial charge < -0.3 is 14.6 Å². The highest BCUT2D eigenvalue weighted by Crippen LogP contribution is 2.32. The Hall–Kier alpha value is -1.52. The first-order valence-corrected chi connectivity index (χ1v) is 9.81. The summed E-state index contributed by atoms with van der Waals surface area (Å²) in [5, 5.41) is 6.67. The van der Waals surface area contributed by atoms with Gasteiger partial charge in [0.2, 0.25) is 21.8 Å². The molecule has 1 aliphatic heterocycles. The summed E-state index contributed by atoms with van der Waals surface area (Å²) < 4.78 is 35.0. The van der Waals surface area contributed by atoms with Gasteiger partial charge in [-0.05, 0) is 19.3 Å². The van der Waals surface area contributed by atoms with Crippen molar-refractivity contribution in [3.05, 3.63) is 11.7 Å². The molecule has 24 heavy (non-hydrogen) atoms. The molecule has 1 N–H and O–H groups in total. The number of carbonyl (C=O) groups excluding carboxylic acids is 1. The average molecular weight is 360 g/mol. The van der Waals surface area contributed by atoms with Crippen molar-refractivity contribution < 1.29 is 22.5 Å². The molecule has 0 aliphatic carbocycles. The van der Waals surface area contributed by atoms with E-state index in [1.807, 2.05) is 0 Å². The van der Waals surface area contributed by atoms with Crippen LogP contribution in [0.4, 0.5) is 0 Å². The molecule has 1 fully saturated rings. The number of nitrogens with zero attached hydrogens (tertiary/aromatic N) is 3. The Morgan fingerprint density at radius 1 is 1.50 bits per heavy atom. The molecule has 2 heterocycles. The number of aryl methyl sites for hydroxylation is 1. The number of ether oxygens (including phenoxy) is 1. The fourth-order valence-corrected chi connectivity index (χ4v) is 3.78. The van der Waals surface area contributed by atoms with Gasteiger partial charge in [-0.3, -0.25) is 4.79 Å². The highest BCUT2D eigenvalue weighted by atomic mass is 32.2. The number of methoxy groups -OCH3 is 1. The van der Waals surface area contributed by atoms with Crippen molar-refractivity contribution in [3.8, 4) is 0 Å². The molecule has 2 rings (SSSR count). The second-order valence-corrected chi connectivity index (χ2v) is 7.71. The molecule has 1 saturated heterocycles. The molecule has 1 atom stereocenters. The lowest BCUT2D eigenvalue weighted by molar-refractivity contribution is -0.121. The van der Waals surface area contributed by atoms with Gasteiger partial charge in [0.05, 0.1) is 12.3 Å². The Balaban J connectivity index is 1.84. The van der Waals surface area contributed by atoms with Crippen LogP contribution >= 0.6 is 0 Å². The molecule has 0 bridgehead atoms. The number of rotatable bonds is 9. The molecule has 1 aliphatic rings. The largest absolute Gasteiger partial charge is 0.385 e. The predicted octanol–water partition coefficient (Wildman–Crippen LogP) is 0.251. The van der Waals surface area contributed by atoms with E-state index in [0.29, 0.717) is 44.3 Å². The molecular weight excluding hydrogens is 336 g/mol. The van der Waals surface area contributed by atoms with Gasteiger partial charge in [-0.2, -0.15) is 9.29 Å². The normalized spacial score (nSPS) is 18.8. The smallest absolute Gasteiger partial charge is 0.227 e. The zero-order chi connectivity index (χ0) is 17.6. The number of nitrogens with one attached hydrogen (secondary N) is 1. The van der Waals surface area contributed by atoms with Crippen LogP contribution in [-0.4, -0.2) is 61.8 Å². The molecule has 10 heteroatoms. The third-order valence-corrected chi connectivity index (χ3v) is 5.11. The van der Waals surface area contributed by atoms with E-state index in [9.17, 15) is 13.2 Å². The molecule has 1 aromatic rings. The van der Waals surface area contributed by atoms with Crippen molar-refractivity contribution >= 4 is 15.9 Å². The Morgan fingerprint density at radius 3 is 3.00 bits per heavy atom. The van der Waals surface area contributed by atoms with Crippen molar-refractivity contribution in [2.75, 3.05) is 33.1 Å². The van der Waals surface area contributed by atoms with Gasteiger partial charge in [0, 0.05) is 39.6 Å². The summed E-state index contributed by atoms with van der Waals surface area (Å²) in [5.41, 5.74) is 0. The van der Waals surface area contributed by atoms with Crippen LogP contribution in [-0.2, 0) is 26.0 Å².